The number of hydrogen-bond acceptors (Lipinski definition) is 1. The molecule has 10 heavy (non-hydrogen) atoms. The average Bonchev–Trinajstić information content (AvgIpc) is 1.58. The molecule has 0 aliphatic heterocycles. The Morgan fingerprint density at radius 3 is 1.80 bits per heavy atom. The highest BCUT2D eigenvalue weighted by Crippen LogP contribution is 2.51. The van der Waals surface area contributed by atoms with Crippen LogP contribution in [0.15, 0.2) is 0 Å². The maximum Gasteiger partial charge on any atom is 0.401 e. The SMILES string of the molecule is O=CC1(C(F)(F)F)CCC1. The number of rotatable bonds is 1. The van der Waals surface area contributed by atoms with Crippen LogP contribution < -0.4 is 0 Å². The Balaban J connectivity index is 2.74. The van der Waals surface area contributed by atoms with Crippen LogP contribution in [-0.4, -0.2) is 12.5 Å². The molecule has 0 aromatic heterocycles. The van der Waals surface area contributed by atoms with Gasteiger partial charge < -0.3 is 4.79 Å². The molecule has 0 atom stereocenters. The number of alkyl halides is 3. The van der Waals surface area contributed by atoms with Gasteiger partial charge in [0.05, 0.1) is 0 Å². The molecule has 0 aromatic rings. The molecule has 1 fully saturated rings. The summed E-state index contributed by atoms with van der Waals surface area (Å²) < 4.78 is 35.8. The summed E-state index contributed by atoms with van der Waals surface area (Å²) in [5.74, 6) is 0. The zero-order chi connectivity index (χ0) is 7.83. The van der Waals surface area contributed by atoms with Crippen LogP contribution in [0.4, 0.5) is 13.2 Å². The standard InChI is InChI=1S/C6H7F3O/c7-6(8,9)5(4-10)2-1-3-5/h4H,1-3H2. The van der Waals surface area contributed by atoms with Crippen molar-refractivity contribution in [3.63, 3.8) is 0 Å². The van der Waals surface area contributed by atoms with Crippen LogP contribution in [0, 0.1) is 5.41 Å². The first-order chi connectivity index (χ1) is 4.52. The summed E-state index contributed by atoms with van der Waals surface area (Å²) in [5.41, 5.74) is -1.98. The zero-order valence-corrected chi connectivity index (χ0v) is 5.24. The van der Waals surface area contributed by atoms with Gasteiger partial charge in [-0.05, 0) is 12.8 Å². The van der Waals surface area contributed by atoms with E-state index >= 15 is 0 Å². The fraction of sp³-hybridized carbons (Fsp3) is 0.833. The molecular weight excluding hydrogens is 145 g/mol. The first kappa shape index (κ1) is 7.57. The minimum Gasteiger partial charge on any atom is -0.302 e. The molecule has 1 aliphatic carbocycles. The Morgan fingerprint density at radius 1 is 1.30 bits per heavy atom. The molecule has 4 heteroatoms. The predicted molar refractivity (Wildman–Crippen MR) is 28.4 cm³/mol. The number of halogens is 3. The highest BCUT2D eigenvalue weighted by atomic mass is 19.4. The van der Waals surface area contributed by atoms with Crippen molar-refractivity contribution in [2.45, 2.75) is 25.4 Å². The van der Waals surface area contributed by atoms with Crippen LogP contribution in [-0.2, 0) is 4.79 Å². The fourth-order valence-electron chi connectivity index (χ4n) is 1.03. The molecule has 1 nitrogen and oxygen atoms in total. The molecule has 1 rings (SSSR count). The zero-order valence-electron chi connectivity index (χ0n) is 5.24. The summed E-state index contributed by atoms with van der Waals surface area (Å²) in [4.78, 5) is 10.0. The molecule has 0 spiro atoms. The van der Waals surface area contributed by atoms with E-state index in [-0.39, 0.29) is 19.1 Å². The van der Waals surface area contributed by atoms with Crippen molar-refractivity contribution >= 4 is 6.29 Å². The van der Waals surface area contributed by atoms with E-state index in [1.807, 2.05) is 0 Å². The van der Waals surface area contributed by atoms with Crippen LogP contribution in [0.25, 0.3) is 0 Å². The summed E-state index contributed by atoms with van der Waals surface area (Å²) in [5, 5.41) is 0. The third-order valence-electron chi connectivity index (χ3n) is 2.04. The van der Waals surface area contributed by atoms with E-state index in [0.717, 1.165) is 0 Å². The van der Waals surface area contributed by atoms with E-state index in [4.69, 9.17) is 0 Å². The van der Waals surface area contributed by atoms with E-state index in [9.17, 15) is 18.0 Å². The number of hydrogen-bond donors (Lipinski definition) is 0. The topological polar surface area (TPSA) is 17.1 Å². The molecular formula is C6H7F3O. The summed E-state index contributed by atoms with van der Waals surface area (Å²) >= 11 is 0. The van der Waals surface area contributed by atoms with Gasteiger partial charge in [0.2, 0.25) is 0 Å². The van der Waals surface area contributed by atoms with Crippen LogP contribution in [0.2, 0.25) is 0 Å². The van der Waals surface area contributed by atoms with Crippen molar-refractivity contribution in [2.75, 3.05) is 0 Å². The fourth-order valence-corrected chi connectivity index (χ4v) is 1.03. The van der Waals surface area contributed by atoms with Gasteiger partial charge in [0.1, 0.15) is 11.7 Å². The van der Waals surface area contributed by atoms with Crippen molar-refractivity contribution in [3.05, 3.63) is 0 Å². The van der Waals surface area contributed by atoms with Crippen molar-refractivity contribution in [2.24, 2.45) is 5.41 Å². The Hall–Kier alpha value is -0.540. The van der Waals surface area contributed by atoms with E-state index < -0.39 is 11.6 Å². The normalized spacial score (nSPS) is 23.5. The summed E-state index contributed by atoms with van der Waals surface area (Å²) in [6.07, 6.45) is -3.83. The van der Waals surface area contributed by atoms with Crippen molar-refractivity contribution in [3.8, 4) is 0 Å². The van der Waals surface area contributed by atoms with E-state index in [1.165, 1.54) is 0 Å². The highest BCUT2D eigenvalue weighted by molar-refractivity contribution is 5.62. The van der Waals surface area contributed by atoms with Crippen molar-refractivity contribution in [1.82, 2.24) is 0 Å². The molecule has 0 aromatic carbocycles. The van der Waals surface area contributed by atoms with Gasteiger partial charge in [0.15, 0.2) is 0 Å². The Labute approximate surface area is 56.2 Å². The van der Waals surface area contributed by atoms with Crippen LogP contribution in [0.1, 0.15) is 19.3 Å². The minimum absolute atomic E-state index is 0.0278. The van der Waals surface area contributed by atoms with E-state index in [2.05, 4.69) is 0 Å². The lowest BCUT2D eigenvalue weighted by Crippen LogP contribution is -2.45. The van der Waals surface area contributed by atoms with Crippen LogP contribution in [0.5, 0.6) is 0 Å². The molecule has 0 unspecified atom stereocenters. The van der Waals surface area contributed by atoms with Gasteiger partial charge >= 0.3 is 6.18 Å². The smallest absolute Gasteiger partial charge is 0.302 e. The third-order valence-corrected chi connectivity index (χ3v) is 2.04. The monoisotopic (exact) mass is 152 g/mol. The van der Waals surface area contributed by atoms with Crippen LogP contribution >= 0.6 is 0 Å². The first-order valence-corrected chi connectivity index (χ1v) is 3.05. The number of carbonyl (C=O) groups is 1. The maximum atomic E-state index is 11.9. The first-order valence-electron chi connectivity index (χ1n) is 3.05. The summed E-state index contributed by atoms with van der Waals surface area (Å²) in [6, 6.07) is 0. The van der Waals surface area contributed by atoms with Gasteiger partial charge in [-0.1, -0.05) is 6.42 Å². The number of aldehydes is 1. The van der Waals surface area contributed by atoms with Crippen molar-refractivity contribution < 1.29 is 18.0 Å². The van der Waals surface area contributed by atoms with Crippen LogP contribution in [0.3, 0.4) is 0 Å². The van der Waals surface area contributed by atoms with Gasteiger partial charge in [-0.25, -0.2) is 0 Å². The quantitative estimate of drug-likeness (QED) is 0.524. The summed E-state index contributed by atoms with van der Waals surface area (Å²) in [7, 11) is 0. The maximum absolute atomic E-state index is 11.9. The second-order valence-electron chi connectivity index (χ2n) is 2.63. The molecule has 1 aliphatic rings. The van der Waals surface area contributed by atoms with Gasteiger partial charge in [-0.3, -0.25) is 0 Å². The van der Waals surface area contributed by atoms with Gasteiger partial charge in [-0.15, -0.1) is 0 Å². The Morgan fingerprint density at radius 2 is 1.80 bits per heavy atom. The lowest BCUT2D eigenvalue weighted by Gasteiger charge is -2.37. The Kier molecular flexibility index (Phi) is 1.49. The highest BCUT2D eigenvalue weighted by Gasteiger charge is 2.58. The molecule has 0 saturated heterocycles. The molecule has 0 N–H and O–H groups in total. The molecule has 0 radical (unpaired) electrons. The summed E-state index contributed by atoms with van der Waals surface area (Å²) in [6.45, 7) is 0. The third kappa shape index (κ3) is 0.822. The largest absolute Gasteiger partial charge is 0.401 e. The minimum atomic E-state index is -4.33. The molecule has 1 saturated carbocycles. The van der Waals surface area contributed by atoms with Crippen molar-refractivity contribution in [1.29, 1.82) is 0 Å². The Bertz CT molecular complexity index is 146. The molecule has 0 bridgehead atoms. The van der Waals surface area contributed by atoms with Gasteiger partial charge in [0, 0.05) is 0 Å². The second-order valence-corrected chi connectivity index (χ2v) is 2.63. The lowest BCUT2D eigenvalue weighted by atomic mass is 9.69. The second kappa shape index (κ2) is 1.97. The predicted octanol–water partition coefficient (Wildman–Crippen LogP) is 1.92. The van der Waals surface area contributed by atoms with E-state index in [0.29, 0.717) is 6.42 Å². The van der Waals surface area contributed by atoms with E-state index in [1.54, 1.807) is 0 Å². The average molecular weight is 152 g/mol. The molecule has 58 valence electrons. The molecule has 0 amide bonds. The lowest BCUT2D eigenvalue weighted by molar-refractivity contribution is -0.235. The number of carbonyl (C=O) groups excluding carboxylic acids is 1. The molecule has 0 heterocycles. The van der Waals surface area contributed by atoms with Gasteiger partial charge in [-0.2, -0.15) is 13.2 Å². The van der Waals surface area contributed by atoms with Gasteiger partial charge in [0.25, 0.3) is 0 Å².